The molecule has 0 amide bonds. The number of esters is 3. The van der Waals surface area contributed by atoms with E-state index in [9.17, 15) is 14.4 Å². The number of carbonyl (C=O) groups is 3. The Balaban J connectivity index is 4.20. The molecule has 6 nitrogen and oxygen atoms in total. The van der Waals surface area contributed by atoms with Crippen LogP contribution >= 0.6 is 0 Å². The molecule has 0 aromatic carbocycles. The highest BCUT2D eigenvalue weighted by molar-refractivity contribution is 5.71. The lowest BCUT2D eigenvalue weighted by Crippen LogP contribution is -2.30. The molecule has 0 rings (SSSR count). The second-order valence-electron chi connectivity index (χ2n) is 22.4. The van der Waals surface area contributed by atoms with E-state index in [0.29, 0.717) is 19.3 Å². The predicted molar refractivity (Wildman–Crippen MR) is 357 cm³/mol. The molecule has 0 fully saturated rings. The van der Waals surface area contributed by atoms with Gasteiger partial charge in [0.2, 0.25) is 0 Å². The molecule has 0 spiro atoms. The lowest BCUT2D eigenvalue weighted by atomic mass is 10.1. The molecule has 0 saturated carbocycles. The summed E-state index contributed by atoms with van der Waals surface area (Å²) >= 11 is 0. The maximum absolute atomic E-state index is 12.9. The Bertz CT molecular complexity index is 1730. The van der Waals surface area contributed by atoms with Gasteiger partial charge in [-0.05, 0) is 122 Å². The number of unbranched alkanes of at least 4 members (excludes halogenated alkanes) is 28. The highest BCUT2D eigenvalue weighted by Crippen LogP contribution is 2.16. The van der Waals surface area contributed by atoms with Crippen molar-refractivity contribution in [2.75, 3.05) is 13.2 Å². The van der Waals surface area contributed by atoms with E-state index in [1.807, 2.05) is 0 Å². The Labute approximate surface area is 506 Å². The summed E-state index contributed by atoms with van der Waals surface area (Å²) in [5, 5.41) is 0. The number of ether oxygens (including phenoxy) is 3. The van der Waals surface area contributed by atoms with Gasteiger partial charge >= 0.3 is 17.9 Å². The average molecular weight is 1140 g/mol. The van der Waals surface area contributed by atoms with Crippen LogP contribution in [0.1, 0.15) is 310 Å². The van der Waals surface area contributed by atoms with Crippen molar-refractivity contribution in [1.82, 2.24) is 0 Å². The molecule has 6 heteroatoms. The SMILES string of the molecule is CC/C=C\C/C=C\C/C=C\C/C=C\C/C=C\C/C=C\C/C=C\C/C=C\CCCCCCCCCCC(=O)OCC(COC(=O)CCCCCCCCCC)OC(=O)CCCCCCCCCC/C=C\C/C=C\C/C=C\CCCCCCC. The molecule has 0 aliphatic rings. The normalized spacial score (nSPS) is 13.0. The van der Waals surface area contributed by atoms with E-state index in [4.69, 9.17) is 14.2 Å². The van der Waals surface area contributed by atoms with Crippen molar-refractivity contribution in [1.29, 1.82) is 0 Å². The Kier molecular flexibility index (Phi) is 65.3. The van der Waals surface area contributed by atoms with Gasteiger partial charge in [-0.3, -0.25) is 14.4 Å². The molecule has 0 radical (unpaired) electrons. The highest BCUT2D eigenvalue weighted by Gasteiger charge is 2.19. The Hall–Kier alpha value is -4.45. The summed E-state index contributed by atoms with van der Waals surface area (Å²) in [6.45, 7) is 6.49. The number of hydrogen-bond acceptors (Lipinski definition) is 6. The number of carbonyl (C=O) groups excluding carboxylic acids is 3. The third-order valence-electron chi connectivity index (χ3n) is 14.4. The van der Waals surface area contributed by atoms with Gasteiger partial charge in [0.15, 0.2) is 6.10 Å². The predicted octanol–water partition coefficient (Wildman–Crippen LogP) is 23.7. The van der Waals surface area contributed by atoms with Crippen molar-refractivity contribution >= 4 is 17.9 Å². The van der Waals surface area contributed by atoms with Gasteiger partial charge in [-0.15, -0.1) is 0 Å². The van der Waals surface area contributed by atoms with E-state index < -0.39 is 6.10 Å². The van der Waals surface area contributed by atoms with Gasteiger partial charge in [0, 0.05) is 19.3 Å². The zero-order valence-corrected chi connectivity index (χ0v) is 53.5. The van der Waals surface area contributed by atoms with Crippen molar-refractivity contribution in [2.45, 2.75) is 316 Å². The van der Waals surface area contributed by atoms with Crippen LogP contribution in [0.15, 0.2) is 134 Å². The Morgan fingerprint density at radius 1 is 0.256 bits per heavy atom. The summed E-state index contributed by atoms with van der Waals surface area (Å²) in [6.07, 6.45) is 97.7. The van der Waals surface area contributed by atoms with Crippen LogP contribution in [0, 0.1) is 0 Å². The minimum atomic E-state index is -0.788. The van der Waals surface area contributed by atoms with E-state index in [1.54, 1.807) is 0 Å². The van der Waals surface area contributed by atoms with Crippen LogP contribution in [0.5, 0.6) is 0 Å². The molecule has 466 valence electrons. The standard InChI is InChI=1S/C76H126O6/c1-4-7-10-13-16-19-21-23-25-27-29-31-33-34-35-36-37-38-39-40-41-42-44-45-47-49-51-53-55-57-60-63-66-69-75(78)81-72-73(71-80-74(77)68-65-62-59-18-15-12-9-6-3)82-76(79)70-67-64-61-58-56-54-52-50-48-46-43-32-30-28-26-24-22-20-17-14-11-8-5-2/h7,10,16,19,22-25,28-31,34-35,37-38,40-41,43-46,73H,4-6,8-9,11-15,17-18,20-21,26-27,32-33,36,39,42,47-72H2,1-3H3/b10-7-,19-16-,24-22-,25-23-,30-28-,31-29-,35-34-,38-37-,41-40-,45-44-,46-43-. The fourth-order valence-electron chi connectivity index (χ4n) is 9.29. The summed E-state index contributed by atoms with van der Waals surface area (Å²) in [7, 11) is 0. The highest BCUT2D eigenvalue weighted by atomic mass is 16.6. The van der Waals surface area contributed by atoms with Crippen LogP contribution in [0.25, 0.3) is 0 Å². The largest absolute Gasteiger partial charge is 0.462 e. The van der Waals surface area contributed by atoms with Crippen LogP contribution in [0.3, 0.4) is 0 Å². The molecule has 82 heavy (non-hydrogen) atoms. The van der Waals surface area contributed by atoms with Gasteiger partial charge in [0.25, 0.3) is 0 Å². The molecule has 0 aliphatic heterocycles. The molecular weight excluding hydrogens is 1010 g/mol. The van der Waals surface area contributed by atoms with Crippen LogP contribution in [-0.4, -0.2) is 37.2 Å². The average Bonchev–Trinajstić information content (AvgIpc) is 3.47. The third-order valence-corrected chi connectivity index (χ3v) is 14.4. The quantitative estimate of drug-likeness (QED) is 0.0261. The van der Waals surface area contributed by atoms with Crippen molar-refractivity contribution in [3.63, 3.8) is 0 Å². The first-order valence-corrected chi connectivity index (χ1v) is 34.2. The van der Waals surface area contributed by atoms with Gasteiger partial charge in [0.05, 0.1) is 0 Å². The molecular formula is C76H126O6. The summed E-state index contributed by atoms with van der Waals surface area (Å²) in [4.78, 5) is 38.2. The molecule has 0 heterocycles. The Morgan fingerprint density at radius 3 is 0.744 bits per heavy atom. The summed E-state index contributed by atoms with van der Waals surface area (Å²) in [5.41, 5.74) is 0. The fourth-order valence-corrected chi connectivity index (χ4v) is 9.29. The molecule has 1 atom stereocenters. The maximum atomic E-state index is 12.9. The van der Waals surface area contributed by atoms with Crippen molar-refractivity contribution in [3.8, 4) is 0 Å². The molecule has 0 aromatic rings. The first-order chi connectivity index (χ1) is 40.5. The first-order valence-electron chi connectivity index (χ1n) is 34.2. The topological polar surface area (TPSA) is 78.9 Å². The van der Waals surface area contributed by atoms with Crippen LogP contribution < -0.4 is 0 Å². The summed E-state index contributed by atoms with van der Waals surface area (Å²) in [6, 6.07) is 0. The lowest BCUT2D eigenvalue weighted by molar-refractivity contribution is -0.167. The summed E-state index contributed by atoms with van der Waals surface area (Å²) in [5.74, 6) is -0.900. The minimum absolute atomic E-state index is 0.0845. The zero-order valence-electron chi connectivity index (χ0n) is 53.5. The second kappa shape index (κ2) is 69.0. The summed E-state index contributed by atoms with van der Waals surface area (Å²) < 4.78 is 16.9. The van der Waals surface area contributed by atoms with Crippen molar-refractivity contribution in [2.24, 2.45) is 0 Å². The van der Waals surface area contributed by atoms with E-state index in [2.05, 4.69) is 154 Å². The van der Waals surface area contributed by atoms with E-state index >= 15 is 0 Å². The Morgan fingerprint density at radius 2 is 0.476 bits per heavy atom. The number of hydrogen-bond donors (Lipinski definition) is 0. The molecule has 0 aromatic heterocycles. The van der Waals surface area contributed by atoms with E-state index in [-0.39, 0.29) is 31.1 Å². The molecule has 0 N–H and O–H groups in total. The smallest absolute Gasteiger partial charge is 0.306 e. The van der Waals surface area contributed by atoms with Gasteiger partial charge in [-0.2, -0.15) is 0 Å². The van der Waals surface area contributed by atoms with Crippen molar-refractivity contribution < 1.29 is 28.6 Å². The molecule has 0 saturated heterocycles. The van der Waals surface area contributed by atoms with Gasteiger partial charge in [0.1, 0.15) is 13.2 Å². The second-order valence-corrected chi connectivity index (χ2v) is 22.4. The van der Waals surface area contributed by atoms with Gasteiger partial charge in [-0.1, -0.05) is 302 Å². The zero-order chi connectivity index (χ0) is 59.2. The third kappa shape index (κ3) is 66.4. The van der Waals surface area contributed by atoms with E-state index in [1.165, 1.54) is 135 Å². The van der Waals surface area contributed by atoms with Crippen LogP contribution in [0.2, 0.25) is 0 Å². The minimum Gasteiger partial charge on any atom is -0.462 e. The van der Waals surface area contributed by atoms with Crippen molar-refractivity contribution in [3.05, 3.63) is 134 Å². The van der Waals surface area contributed by atoms with Crippen LogP contribution in [-0.2, 0) is 28.6 Å². The van der Waals surface area contributed by atoms with Crippen LogP contribution in [0.4, 0.5) is 0 Å². The van der Waals surface area contributed by atoms with Gasteiger partial charge in [-0.25, -0.2) is 0 Å². The molecule has 0 bridgehead atoms. The number of allylic oxidation sites excluding steroid dienone is 22. The molecule has 0 aliphatic carbocycles. The fraction of sp³-hybridized carbons (Fsp3) is 0.671. The number of rotatable bonds is 61. The van der Waals surface area contributed by atoms with Gasteiger partial charge < -0.3 is 14.2 Å². The lowest BCUT2D eigenvalue weighted by Gasteiger charge is -2.18. The maximum Gasteiger partial charge on any atom is 0.306 e. The molecule has 1 unspecified atom stereocenters. The monoisotopic (exact) mass is 1130 g/mol. The first kappa shape index (κ1) is 77.5. The van der Waals surface area contributed by atoms with E-state index in [0.717, 1.165) is 135 Å².